The molecule has 1 saturated heterocycles. The van der Waals surface area contributed by atoms with Gasteiger partial charge in [0.25, 0.3) is 0 Å². The van der Waals surface area contributed by atoms with Gasteiger partial charge in [0, 0.05) is 31.7 Å². The lowest BCUT2D eigenvalue weighted by molar-refractivity contribution is -0.133. The lowest BCUT2D eigenvalue weighted by atomic mass is 9.93. The minimum Gasteiger partial charge on any atom is -0.344 e. The first-order valence-corrected chi connectivity index (χ1v) is 8.66. The van der Waals surface area contributed by atoms with Gasteiger partial charge in [0.1, 0.15) is 0 Å². The Morgan fingerprint density at radius 3 is 2.91 bits per heavy atom. The molecule has 1 aliphatic rings. The SMILES string of the molecule is Cc1cccc2ccn([C@@H]3CCN(C(=O)CCCN)C[C@H]3C)c12. The van der Waals surface area contributed by atoms with Gasteiger partial charge in [0.05, 0.1) is 5.52 Å². The molecule has 2 atom stereocenters. The van der Waals surface area contributed by atoms with Crippen LogP contribution in [0.3, 0.4) is 0 Å². The minimum absolute atomic E-state index is 0.259. The number of carbonyl (C=O) groups excluding carboxylic acids is 1. The first-order chi connectivity index (χ1) is 11.1. The molecule has 1 amide bonds. The van der Waals surface area contributed by atoms with Crippen molar-refractivity contribution in [1.82, 2.24) is 9.47 Å². The number of aryl methyl sites for hydroxylation is 1. The monoisotopic (exact) mass is 313 g/mol. The van der Waals surface area contributed by atoms with Gasteiger partial charge < -0.3 is 15.2 Å². The molecule has 23 heavy (non-hydrogen) atoms. The molecule has 1 aromatic heterocycles. The number of benzene rings is 1. The standard InChI is InChI=1S/C19H27N3O/c1-14-5-3-6-16-8-12-22(19(14)16)17-9-11-21(13-15(17)2)18(23)7-4-10-20/h3,5-6,8,12,15,17H,4,7,9-11,13,20H2,1-2H3/t15-,17-/m1/s1. The highest BCUT2D eigenvalue weighted by atomic mass is 16.2. The Morgan fingerprint density at radius 1 is 1.35 bits per heavy atom. The third-order valence-electron chi connectivity index (χ3n) is 5.11. The summed E-state index contributed by atoms with van der Waals surface area (Å²) in [5, 5.41) is 1.30. The summed E-state index contributed by atoms with van der Waals surface area (Å²) in [5.74, 6) is 0.718. The van der Waals surface area contributed by atoms with Gasteiger partial charge in [-0.25, -0.2) is 0 Å². The molecule has 0 radical (unpaired) electrons. The molecule has 2 aromatic rings. The van der Waals surface area contributed by atoms with E-state index in [0.717, 1.165) is 25.9 Å². The quantitative estimate of drug-likeness (QED) is 0.943. The number of fused-ring (bicyclic) bond motifs is 1. The lowest BCUT2D eigenvalue weighted by Crippen LogP contribution is -2.43. The highest BCUT2D eigenvalue weighted by Crippen LogP contribution is 2.33. The Kier molecular flexibility index (Phi) is 4.71. The topological polar surface area (TPSA) is 51.3 Å². The Morgan fingerprint density at radius 2 is 2.17 bits per heavy atom. The van der Waals surface area contributed by atoms with Crippen molar-refractivity contribution in [2.45, 2.75) is 39.2 Å². The zero-order valence-electron chi connectivity index (χ0n) is 14.2. The van der Waals surface area contributed by atoms with E-state index in [0.29, 0.717) is 24.9 Å². The number of hydrogen-bond acceptors (Lipinski definition) is 2. The van der Waals surface area contributed by atoms with E-state index in [1.165, 1.54) is 16.5 Å². The van der Waals surface area contributed by atoms with Crippen LogP contribution in [0.2, 0.25) is 0 Å². The molecule has 1 aliphatic heterocycles. The van der Waals surface area contributed by atoms with Crippen molar-refractivity contribution < 1.29 is 4.79 Å². The highest BCUT2D eigenvalue weighted by Gasteiger charge is 2.30. The molecule has 4 heteroatoms. The van der Waals surface area contributed by atoms with Gasteiger partial charge in [-0.05, 0) is 49.2 Å². The van der Waals surface area contributed by atoms with E-state index in [4.69, 9.17) is 5.73 Å². The molecule has 0 saturated carbocycles. The van der Waals surface area contributed by atoms with Crippen LogP contribution in [0.25, 0.3) is 10.9 Å². The van der Waals surface area contributed by atoms with Crippen LogP contribution in [0.15, 0.2) is 30.5 Å². The number of nitrogens with zero attached hydrogens (tertiary/aromatic N) is 2. The first-order valence-electron chi connectivity index (χ1n) is 8.66. The van der Waals surface area contributed by atoms with E-state index < -0.39 is 0 Å². The van der Waals surface area contributed by atoms with Crippen LogP contribution in [0.5, 0.6) is 0 Å². The van der Waals surface area contributed by atoms with Crippen molar-refractivity contribution in [3.05, 3.63) is 36.0 Å². The first kappa shape index (κ1) is 16.1. The molecule has 124 valence electrons. The second-order valence-electron chi connectivity index (χ2n) is 6.80. The van der Waals surface area contributed by atoms with Gasteiger partial charge in [0.15, 0.2) is 0 Å². The van der Waals surface area contributed by atoms with Gasteiger partial charge in [-0.15, -0.1) is 0 Å². The van der Waals surface area contributed by atoms with Crippen molar-refractivity contribution in [3.63, 3.8) is 0 Å². The van der Waals surface area contributed by atoms with Crippen LogP contribution < -0.4 is 5.73 Å². The smallest absolute Gasteiger partial charge is 0.222 e. The third-order valence-corrected chi connectivity index (χ3v) is 5.11. The third kappa shape index (κ3) is 3.13. The number of nitrogens with two attached hydrogens (primary N) is 1. The molecule has 2 N–H and O–H groups in total. The molecular weight excluding hydrogens is 286 g/mol. The van der Waals surface area contributed by atoms with E-state index in [-0.39, 0.29) is 5.91 Å². The van der Waals surface area contributed by atoms with E-state index >= 15 is 0 Å². The van der Waals surface area contributed by atoms with Gasteiger partial charge >= 0.3 is 0 Å². The average Bonchev–Trinajstić information content (AvgIpc) is 2.97. The predicted octanol–water partition coefficient (Wildman–Crippen LogP) is 3.10. The molecular formula is C19H27N3O. The summed E-state index contributed by atoms with van der Waals surface area (Å²) in [6, 6.07) is 9.13. The summed E-state index contributed by atoms with van der Waals surface area (Å²) in [6.07, 6.45) is 4.60. The van der Waals surface area contributed by atoms with Crippen LogP contribution >= 0.6 is 0 Å². The Hall–Kier alpha value is -1.81. The Bertz CT molecular complexity index is 691. The van der Waals surface area contributed by atoms with Crippen LogP contribution in [-0.2, 0) is 4.79 Å². The van der Waals surface area contributed by atoms with Crippen LogP contribution in [0.4, 0.5) is 0 Å². The van der Waals surface area contributed by atoms with Crippen molar-refractivity contribution in [3.8, 4) is 0 Å². The fourth-order valence-corrected chi connectivity index (χ4v) is 3.86. The molecule has 0 spiro atoms. The molecule has 4 nitrogen and oxygen atoms in total. The van der Waals surface area contributed by atoms with Gasteiger partial charge in [-0.2, -0.15) is 0 Å². The summed E-state index contributed by atoms with van der Waals surface area (Å²) in [5.41, 5.74) is 8.17. The number of carbonyl (C=O) groups is 1. The minimum atomic E-state index is 0.259. The predicted molar refractivity (Wildman–Crippen MR) is 94.4 cm³/mol. The lowest BCUT2D eigenvalue weighted by Gasteiger charge is -2.38. The molecule has 2 heterocycles. The molecule has 3 rings (SSSR count). The largest absolute Gasteiger partial charge is 0.344 e. The molecule has 0 bridgehead atoms. The number of para-hydroxylation sites is 1. The average molecular weight is 313 g/mol. The van der Waals surface area contributed by atoms with Gasteiger partial charge in [0.2, 0.25) is 5.91 Å². The van der Waals surface area contributed by atoms with Gasteiger partial charge in [-0.1, -0.05) is 25.1 Å². The Balaban J connectivity index is 1.77. The summed E-state index contributed by atoms with van der Waals surface area (Å²) in [4.78, 5) is 14.2. The van der Waals surface area contributed by atoms with E-state index in [1.807, 2.05) is 4.90 Å². The maximum atomic E-state index is 12.2. The van der Waals surface area contributed by atoms with Crippen molar-refractivity contribution in [2.24, 2.45) is 11.7 Å². The summed E-state index contributed by atoms with van der Waals surface area (Å²) in [7, 11) is 0. The number of rotatable bonds is 4. The van der Waals surface area contributed by atoms with E-state index in [1.54, 1.807) is 0 Å². The van der Waals surface area contributed by atoms with Gasteiger partial charge in [-0.3, -0.25) is 4.79 Å². The molecule has 1 aromatic carbocycles. The maximum absolute atomic E-state index is 12.2. The van der Waals surface area contributed by atoms with E-state index in [9.17, 15) is 4.79 Å². The maximum Gasteiger partial charge on any atom is 0.222 e. The summed E-state index contributed by atoms with van der Waals surface area (Å²) < 4.78 is 2.43. The zero-order valence-corrected chi connectivity index (χ0v) is 14.2. The molecule has 0 unspecified atom stereocenters. The number of likely N-dealkylation sites (tertiary alicyclic amines) is 1. The van der Waals surface area contributed by atoms with E-state index in [2.05, 4.69) is 48.9 Å². The number of aromatic nitrogens is 1. The molecule has 0 aliphatic carbocycles. The number of piperidine rings is 1. The van der Waals surface area contributed by atoms with Crippen LogP contribution in [0, 0.1) is 12.8 Å². The fraction of sp³-hybridized carbons (Fsp3) is 0.526. The van der Waals surface area contributed by atoms with Crippen molar-refractivity contribution in [2.75, 3.05) is 19.6 Å². The summed E-state index contributed by atoms with van der Waals surface area (Å²) in [6.45, 7) is 6.72. The number of amides is 1. The molecule has 1 fully saturated rings. The normalized spacial score (nSPS) is 21.8. The van der Waals surface area contributed by atoms with Crippen LogP contribution in [-0.4, -0.2) is 35.0 Å². The summed E-state index contributed by atoms with van der Waals surface area (Å²) >= 11 is 0. The fourth-order valence-electron chi connectivity index (χ4n) is 3.86. The second-order valence-corrected chi connectivity index (χ2v) is 6.80. The number of hydrogen-bond donors (Lipinski definition) is 1. The van der Waals surface area contributed by atoms with Crippen LogP contribution in [0.1, 0.15) is 37.8 Å². The zero-order chi connectivity index (χ0) is 16.4. The van der Waals surface area contributed by atoms with Crippen molar-refractivity contribution >= 4 is 16.8 Å². The van der Waals surface area contributed by atoms with Crippen molar-refractivity contribution in [1.29, 1.82) is 0 Å². The highest BCUT2D eigenvalue weighted by molar-refractivity contribution is 5.83. The Labute approximate surface area is 138 Å². The second kappa shape index (κ2) is 6.75.